The summed E-state index contributed by atoms with van der Waals surface area (Å²) in [5.41, 5.74) is 2.28. The van der Waals surface area contributed by atoms with Gasteiger partial charge < -0.3 is 5.32 Å². The van der Waals surface area contributed by atoms with E-state index in [0.717, 1.165) is 18.4 Å². The molecule has 0 aromatic heterocycles. The van der Waals surface area contributed by atoms with Gasteiger partial charge in [0.25, 0.3) is 0 Å². The van der Waals surface area contributed by atoms with E-state index in [-0.39, 0.29) is 17.6 Å². The van der Waals surface area contributed by atoms with E-state index in [4.69, 9.17) is 0 Å². The van der Waals surface area contributed by atoms with Gasteiger partial charge in [0.15, 0.2) is 5.78 Å². The van der Waals surface area contributed by atoms with Crippen molar-refractivity contribution in [2.45, 2.75) is 32.6 Å². The first-order valence-electron chi connectivity index (χ1n) is 7.58. The highest BCUT2D eigenvalue weighted by Gasteiger charge is 2.19. The number of carbonyl (C=O) groups excluding carboxylic acids is 2. The van der Waals surface area contributed by atoms with E-state index in [1.807, 2.05) is 30.3 Å². The van der Waals surface area contributed by atoms with E-state index in [2.05, 4.69) is 12.2 Å². The lowest BCUT2D eigenvalue weighted by atomic mass is 9.93. The van der Waals surface area contributed by atoms with Gasteiger partial charge in [-0.05, 0) is 31.0 Å². The fourth-order valence-electron chi connectivity index (χ4n) is 2.47. The third-order valence-corrected chi connectivity index (χ3v) is 3.63. The van der Waals surface area contributed by atoms with Gasteiger partial charge in [-0.1, -0.05) is 55.8 Å². The minimum absolute atomic E-state index is 0.00994. The molecule has 2 aromatic carbocycles. The SMILES string of the molecule is CCC[C@@H](C(=O)Nc1cccc(C(C)=O)c1)c1ccccc1. The second-order valence-corrected chi connectivity index (χ2v) is 5.38. The molecule has 0 spiro atoms. The zero-order valence-electron chi connectivity index (χ0n) is 13.0. The standard InChI is InChI=1S/C19H21NO2/c1-3-8-18(15-9-5-4-6-10-15)19(22)20-17-12-7-11-16(13-17)14(2)21/h4-7,9-13,18H,3,8H2,1-2H3,(H,20,22)/t18-/m1/s1. The summed E-state index contributed by atoms with van der Waals surface area (Å²) in [7, 11) is 0. The number of amides is 1. The summed E-state index contributed by atoms with van der Waals surface area (Å²) in [6.45, 7) is 3.59. The number of rotatable bonds is 6. The number of hydrogen-bond donors (Lipinski definition) is 1. The predicted molar refractivity (Wildman–Crippen MR) is 89.2 cm³/mol. The molecule has 1 amide bonds. The van der Waals surface area contributed by atoms with Crippen LogP contribution < -0.4 is 5.32 Å². The minimum Gasteiger partial charge on any atom is -0.326 e. The van der Waals surface area contributed by atoms with E-state index in [9.17, 15) is 9.59 Å². The lowest BCUT2D eigenvalue weighted by Crippen LogP contribution is -2.21. The Balaban J connectivity index is 2.18. The average molecular weight is 295 g/mol. The lowest BCUT2D eigenvalue weighted by molar-refractivity contribution is -0.117. The molecule has 0 unspecified atom stereocenters. The molecule has 0 radical (unpaired) electrons. The van der Waals surface area contributed by atoms with Gasteiger partial charge in [-0.3, -0.25) is 9.59 Å². The summed E-state index contributed by atoms with van der Waals surface area (Å²) in [5, 5.41) is 2.93. The molecule has 1 N–H and O–H groups in total. The molecule has 0 aliphatic carbocycles. The summed E-state index contributed by atoms with van der Waals surface area (Å²) in [6, 6.07) is 16.8. The second-order valence-electron chi connectivity index (χ2n) is 5.38. The number of hydrogen-bond acceptors (Lipinski definition) is 2. The Morgan fingerprint density at radius 2 is 1.77 bits per heavy atom. The second kappa shape index (κ2) is 7.55. The number of benzene rings is 2. The maximum Gasteiger partial charge on any atom is 0.231 e. The van der Waals surface area contributed by atoms with E-state index in [1.165, 1.54) is 6.92 Å². The van der Waals surface area contributed by atoms with Crippen LogP contribution in [0.5, 0.6) is 0 Å². The van der Waals surface area contributed by atoms with Crippen LogP contribution in [-0.2, 0) is 4.79 Å². The number of ketones is 1. The Bertz CT molecular complexity index is 649. The van der Waals surface area contributed by atoms with Crippen molar-refractivity contribution in [1.29, 1.82) is 0 Å². The molecule has 0 bridgehead atoms. The van der Waals surface area contributed by atoms with Crippen molar-refractivity contribution in [3.63, 3.8) is 0 Å². The van der Waals surface area contributed by atoms with Crippen molar-refractivity contribution < 1.29 is 9.59 Å². The summed E-state index contributed by atoms with van der Waals surface area (Å²) in [4.78, 5) is 24.0. The predicted octanol–water partition coefficient (Wildman–Crippen LogP) is 4.41. The Morgan fingerprint density at radius 1 is 1.05 bits per heavy atom. The molecule has 22 heavy (non-hydrogen) atoms. The summed E-state index contributed by atoms with van der Waals surface area (Å²) in [6.07, 6.45) is 1.72. The third-order valence-electron chi connectivity index (χ3n) is 3.63. The molecule has 0 heterocycles. The van der Waals surface area contributed by atoms with Crippen molar-refractivity contribution in [3.8, 4) is 0 Å². The highest BCUT2D eigenvalue weighted by Crippen LogP contribution is 2.23. The Labute approximate surface area is 131 Å². The highest BCUT2D eigenvalue weighted by atomic mass is 16.2. The summed E-state index contributed by atoms with van der Waals surface area (Å²) in [5.74, 6) is -0.217. The smallest absolute Gasteiger partial charge is 0.231 e. The van der Waals surface area contributed by atoms with Crippen LogP contribution >= 0.6 is 0 Å². The molecule has 114 valence electrons. The quantitative estimate of drug-likeness (QED) is 0.802. The minimum atomic E-state index is -0.174. The van der Waals surface area contributed by atoms with Crippen LogP contribution in [0.3, 0.4) is 0 Å². The molecule has 3 nitrogen and oxygen atoms in total. The van der Waals surface area contributed by atoms with Crippen molar-refractivity contribution in [1.82, 2.24) is 0 Å². The maximum absolute atomic E-state index is 12.6. The largest absolute Gasteiger partial charge is 0.326 e. The summed E-state index contributed by atoms with van der Waals surface area (Å²) >= 11 is 0. The first-order chi connectivity index (χ1) is 10.6. The van der Waals surface area contributed by atoms with Crippen LogP contribution in [0.1, 0.15) is 48.5 Å². The molecular formula is C19H21NO2. The van der Waals surface area contributed by atoms with Crippen molar-refractivity contribution in [2.75, 3.05) is 5.32 Å². The van der Waals surface area contributed by atoms with Crippen LogP contribution in [0.15, 0.2) is 54.6 Å². The number of nitrogens with one attached hydrogen (secondary N) is 1. The monoisotopic (exact) mass is 295 g/mol. The Hall–Kier alpha value is -2.42. The summed E-state index contributed by atoms with van der Waals surface area (Å²) < 4.78 is 0. The zero-order chi connectivity index (χ0) is 15.9. The number of carbonyl (C=O) groups is 2. The zero-order valence-corrected chi connectivity index (χ0v) is 13.0. The van der Waals surface area contributed by atoms with Crippen molar-refractivity contribution in [3.05, 3.63) is 65.7 Å². The van der Waals surface area contributed by atoms with Crippen molar-refractivity contribution in [2.24, 2.45) is 0 Å². The maximum atomic E-state index is 12.6. The molecule has 0 aliphatic heterocycles. The number of Topliss-reactive ketones (excluding diaryl/α,β-unsaturated/α-hetero) is 1. The van der Waals surface area contributed by atoms with E-state index in [0.29, 0.717) is 11.3 Å². The van der Waals surface area contributed by atoms with Crippen LogP contribution in [0, 0.1) is 0 Å². The van der Waals surface area contributed by atoms with Gasteiger partial charge in [0.1, 0.15) is 0 Å². The van der Waals surface area contributed by atoms with E-state index < -0.39 is 0 Å². The lowest BCUT2D eigenvalue weighted by Gasteiger charge is -2.17. The van der Waals surface area contributed by atoms with Crippen LogP contribution in [0.4, 0.5) is 5.69 Å². The van der Waals surface area contributed by atoms with Gasteiger partial charge in [-0.25, -0.2) is 0 Å². The first-order valence-corrected chi connectivity index (χ1v) is 7.58. The molecule has 2 rings (SSSR count). The van der Waals surface area contributed by atoms with Gasteiger partial charge in [-0.2, -0.15) is 0 Å². The molecule has 1 atom stereocenters. The fourth-order valence-corrected chi connectivity index (χ4v) is 2.47. The molecule has 0 saturated carbocycles. The van der Waals surface area contributed by atoms with Crippen molar-refractivity contribution >= 4 is 17.4 Å². The fraction of sp³-hybridized carbons (Fsp3) is 0.263. The van der Waals surface area contributed by atoms with Gasteiger partial charge in [0.2, 0.25) is 5.91 Å². The normalized spacial score (nSPS) is 11.7. The first kappa shape index (κ1) is 16.0. The van der Waals surface area contributed by atoms with Gasteiger partial charge >= 0.3 is 0 Å². The number of anilines is 1. The average Bonchev–Trinajstić information content (AvgIpc) is 2.53. The Morgan fingerprint density at radius 3 is 2.41 bits per heavy atom. The molecule has 3 heteroatoms. The Kier molecular flexibility index (Phi) is 5.48. The van der Waals surface area contributed by atoms with E-state index >= 15 is 0 Å². The molecular weight excluding hydrogens is 274 g/mol. The third kappa shape index (κ3) is 4.04. The highest BCUT2D eigenvalue weighted by molar-refractivity contribution is 5.98. The van der Waals surface area contributed by atoms with Crippen LogP contribution in [0.25, 0.3) is 0 Å². The van der Waals surface area contributed by atoms with Gasteiger partial charge in [0, 0.05) is 11.3 Å². The molecule has 0 aliphatic rings. The van der Waals surface area contributed by atoms with E-state index in [1.54, 1.807) is 24.3 Å². The molecule has 2 aromatic rings. The molecule has 0 saturated heterocycles. The van der Waals surface area contributed by atoms with Crippen LogP contribution in [0.2, 0.25) is 0 Å². The topological polar surface area (TPSA) is 46.2 Å². The van der Waals surface area contributed by atoms with Gasteiger partial charge in [0.05, 0.1) is 5.92 Å². The van der Waals surface area contributed by atoms with Gasteiger partial charge in [-0.15, -0.1) is 0 Å². The molecule has 0 fully saturated rings. The van der Waals surface area contributed by atoms with Crippen LogP contribution in [-0.4, -0.2) is 11.7 Å².